The molecule has 1 aromatic heterocycles. The largest absolute Gasteiger partial charge is 0.510 e. The van der Waals surface area contributed by atoms with Gasteiger partial charge in [-0.05, 0) is 86.3 Å². The van der Waals surface area contributed by atoms with Gasteiger partial charge in [0.1, 0.15) is 11.9 Å². The molecule has 0 amide bonds. The van der Waals surface area contributed by atoms with E-state index in [2.05, 4.69) is 12.6 Å². The van der Waals surface area contributed by atoms with Gasteiger partial charge in [-0.25, -0.2) is 4.98 Å². The lowest BCUT2D eigenvalue weighted by Gasteiger charge is -2.30. The molecule has 34 heavy (non-hydrogen) atoms. The molecule has 4 aromatic rings. The number of benzene rings is 3. The van der Waals surface area contributed by atoms with Gasteiger partial charge in [-0.1, -0.05) is 60.1 Å². The highest BCUT2D eigenvalue weighted by Gasteiger charge is 2.28. The maximum Gasteiger partial charge on any atom is 0.140 e. The molecule has 4 rings (SSSR count). The molecule has 0 unspecified atom stereocenters. The molecule has 0 saturated heterocycles. The van der Waals surface area contributed by atoms with Crippen molar-refractivity contribution in [3.63, 3.8) is 0 Å². The summed E-state index contributed by atoms with van der Waals surface area (Å²) in [7, 11) is 0. The maximum atomic E-state index is 10.6. The van der Waals surface area contributed by atoms with Gasteiger partial charge < -0.3 is 9.84 Å². The number of aryl methyl sites for hydroxylation is 1. The first-order valence-corrected chi connectivity index (χ1v) is 11.8. The molecule has 0 radical (unpaired) electrons. The monoisotopic (exact) mass is 491 g/mol. The van der Waals surface area contributed by atoms with Crippen LogP contribution in [0.15, 0.2) is 79.1 Å². The summed E-state index contributed by atoms with van der Waals surface area (Å²) in [6.45, 7) is 11.7. The van der Waals surface area contributed by atoms with Gasteiger partial charge in [0, 0.05) is 21.0 Å². The van der Waals surface area contributed by atoms with E-state index in [1.54, 1.807) is 0 Å². The molecule has 3 aromatic carbocycles. The number of ether oxygens (including phenoxy) is 1. The molecule has 5 heteroatoms. The Balaban J connectivity index is 2.01. The standard InChI is InChI=1S/C29H27Cl2NO2/c1-17-16-25-23(14-15-24(32-25)19-6-10-21(30)11-7-19)27(20-8-12-22(31)13-9-20)26(17)28(18(2)33)34-29(3,4)5/h6-16,28,33H,2H2,1,3-5H3/t28-/m1/s1. The molecule has 3 nitrogen and oxygen atoms in total. The number of nitrogens with zero attached hydrogens (tertiary/aromatic N) is 1. The minimum Gasteiger partial charge on any atom is -0.510 e. The Hall–Kier alpha value is -2.85. The second-order valence-corrected chi connectivity index (χ2v) is 10.2. The molecule has 0 bridgehead atoms. The Morgan fingerprint density at radius 2 is 1.47 bits per heavy atom. The molecule has 174 valence electrons. The summed E-state index contributed by atoms with van der Waals surface area (Å²) < 4.78 is 6.30. The highest BCUT2D eigenvalue weighted by molar-refractivity contribution is 6.31. The van der Waals surface area contributed by atoms with Crippen molar-refractivity contribution in [2.75, 3.05) is 0 Å². The number of aliphatic hydroxyl groups excluding tert-OH is 1. The van der Waals surface area contributed by atoms with Crippen LogP contribution >= 0.6 is 23.2 Å². The third-order valence-electron chi connectivity index (χ3n) is 5.55. The Morgan fingerprint density at radius 3 is 2.00 bits per heavy atom. The maximum absolute atomic E-state index is 10.6. The van der Waals surface area contributed by atoms with Gasteiger partial charge in [0.2, 0.25) is 0 Å². The summed E-state index contributed by atoms with van der Waals surface area (Å²) in [5.41, 5.74) is 5.89. The van der Waals surface area contributed by atoms with E-state index in [9.17, 15) is 5.11 Å². The summed E-state index contributed by atoms with van der Waals surface area (Å²) in [6, 6.07) is 21.4. The van der Waals surface area contributed by atoms with E-state index in [1.165, 1.54) is 0 Å². The molecule has 0 aliphatic carbocycles. The van der Waals surface area contributed by atoms with Crippen LogP contribution in [-0.2, 0) is 4.74 Å². The van der Waals surface area contributed by atoms with Crippen molar-refractivity contribution < 1.29 is 9.84 Å². The van der Waals surface area contributed by atoms with Gasteiger partial charge in [-0.3, -0.25) is 0 Å². The van der Waals surface area contributed by atoms with Gasteiger partial charge in [-0.2, -0.15) is 0 Å². The summed E-state index contributed by atoms with van der Waals surface area (Å²) in [6.07, 6.45) is -0.703. The van der Waals surface area contributed by atoms with Crippen molar-refractivity contribution in [3.05, 3.63) is 100 Å². The molecule has 0 aliphatic heterocycles. The number of aliphatic hydroxyl groups is 1. The van der Waals surface area contributed by atoms with Crippen LogP contribution < -0.4 is 0 Å². The average molecular weight is 492 g/mol. The quantitative estimate of drug-likeness (QED) is 0.283. The lowest BCUT2D eigenvalue weighted by atomic mass is 9.87. The van der Waals surface area contributed by atoms with Gasteiger partial charge in [0.05, 0.1) is 16.8 Å². The van der Waals surface area contributed by atoms with E-state index < -0.39 is 11.7 Å². The van der Waals surface area contributed by atoms with Gasteiger partial charge in [0.25, 0.3) is 0 Å². The van der Waals surface area contributed by atoms with E-state index in [1.807, 2.05) is 88.4 Å². The molecule has 1 N–H and O–H groups in total. The van der Waals surface area contributed by atoms with E-state index in [0.29, 0.717) is 10.0 Å². The zero-order valence-electron chi connectivity index (χ0n) is 19.7. The predicted octanol–water partition coefficient (Wildman–Crippen LogP) is 9.11. The normalized spacial score (nSPS) is 12.6. The molecule has 1 atom stereocenters. The highest BCUT2D eigenvalue weighted by atomic mass is 35.5. The number of halogens is 2. The van der Waals surface area contributed by atoms with Crippen molar-refractivity contribution in [2.45, 2.75) is 39.4 Å². The Bertz CT molecular complexity index is 1350. The lowest BCUT2D eigenvalue weighted by molar-refractivity contribution is -0.0594. The van der Waals surface area contributed by atoms with Crippen LogP contribution in [0.25, 0.3) is 33.3 Å². The number of hydrogen-bond donors (Lipinski definition) is 1. The highest BCUT2D eigenvalue weighted by Crippen LogP contribution is 2.42. The van der Waals surface area contributed by atoms with E-state index >= 15 is 0 Å². The number of pyridine rings is 1. The van der Waals surface area contributed by atoms with Crippen LogP contribution in [0.3, 0.4) is 0 Å². The second kappa shape index (κ2) is 9.42. The lowest BCUT2D eigenvalue weighted by Crippen LogP contribution is -2.24. The first-order valence-electron chi connectivity index (χ1n) is 11.1. The van der Waals surface area contributed by atoms with Crippen LogP contribution in [0, 0.1) is 6.92 Å². The third-order valence-corrected chi connectivity index (χ3v) is 6.05. The third kappa shape index (κ3) is 5.12. The van der Waals surface area contributed by atoms with Crippen LogP contribution in [0.4, 0.5) is 0 Å². The minimum absolute atomic E-state index is 0.0432. The number of aromatic nitrogens is 1. The van der Waals surface area contributed by atoms with Crippen molar-refractivity contribution in [1.82, 2.24) is 4.98 Å². The van der Waals surface area contributed by atoms with Crippen molar-refractivity contribution in [1.29, 1.82) is 0 Å². The number of fused-ring (bicyclic) bond motifs is 1. The topological polar surface area (TPSA) is 42.4 Å². The van der Waals surface area contributed by atoms with Gasteiger partial charge in [-0.15, -0.1) is 0 Å². The van der Waals surface area contributed by atoms with E-state index in [-0.39, 0.29) is 5.76 Å². The zero-order chi connectivity index (χ0) is 24.6. The van der Waals surface area contributed by atoms with Gasteiger partial charge in [0.15, 0.2) is 0 Å². The van der Waals surface area contributed by atoms with Crippen LogP contribution in [0.5, 0.6) is 0 Å². The molecular weight excluding hydrogens is 465 g/mol. The molecule has 0 saturated carbocycles. The molecule has 1 heterocycles. The van der Waals surface area contributed by atoms with Crippen molar-refractivity contribution in [2.24, 2.45) is 0 Å². The van der Waals surface area contributed by atoms with Crippen LogP contribution in [0.2, 0.25) is 10.0 Å². The van der Waals surface area contributed by atoms with Gasteiger partial charge >= 0.3 is 0 Å². The number of hydrogen-bond acceptors (Lipinski definition) is 3. The van der Waals surface area contributed by atoms with Crippen molar-refractivity contribution in [3.8, 4) is 22.4 Å². The average Bonchev–Trinajstić information content (AvgIpc) is 2.77. The summed E-state index contributed by atoms with van der Waals surface area (Å²) in [5.74, 6) is -0.0432. The smallest absolute Gasteiger partial charge is 0.140 e. The molecule has 0 aliphatic rings. The fourth-order valence-corrected chi connectivity index (χ4v) is 4.37. The second-order valence-electron chi connectivity index (χ2n) is 9.36. The minimum atomic E-state index is -0.703. The number of rotatable bonds is 5. The zero-order valence-corrected chi connectivity index (χ0v) is 21.2. The molecule has 0 spiro atoms. The first-order chi connectivity index (χ1) is 16.0. The fourth-order valence-electron chi connectivity index (χ4n) is 4.12. The van der Waals surface area contributed by atoms with Crippen LogP contribution in [-0.4, -0.2) is 15.7 Å². The molecule has 0 fully saturated rings. The summed E-state index contributed by atoms with van der Waals surface area (Å²) in [5, 5.41) is 12.9. The Morgan fingerprint density at radius 1 is 0.912 bits per heavy atom. The van der Waals surface area contributed by atoms with Crippen LogP contribution in [0.1, 0.15) is 38.0 Å². The summed E-state index contributed by atoms with van der Waals surface area (Å²) in [4.78, 5) is 4.96. The predicted molar refractivity (Wildman–Crippen MR) is 143 cm³/mol. The van der Waals surface area contributed by atoms with E-state index in [0.717, 1.165) is 44.4 Å². The van der Waals surface area contributed by atoms with Crippen molar-refractivity contribution >= 4 is 34.1 Å². The first kappa shape index (κ1) is 24.3. The Kier molecular flexibility index (Phi) is 6.73. The fraction of sp³-hybridized carbons (Fsp3) is 0.207. The summed E-state index contributed by atoms with van der Waals surface area (Å²) >= 11 is 12.3. The Labute approximate surface area is 210 Å². The SMILES string of the molecule is C=C(O)[C@@H](OC(C)(C)C)c1c(C)cc2nc(-c3ccc(Cl)cc3)ccc2c1-c1ccc(Cl)cc1. The molecular formula is C29H27Cl2NO2. The van der Waals surface area contributed by atoms with E-state index in [4.69, 9.17) is 32.9 Å².